The van der Waals surface area contributed by atoms with Crippen LogP contribution in [0.1, 0.15) is 20.8 Å². The van der Waals surface area contributed by atoms with Crippen molar-refractivity contribution in [2.75, 3.05) is 17.2 Å². The van der Waals surface area contributed by atoms with Crippen LogP contribution in [0.25, 0.3) is 0 Å². The quantitative estimate of drug-likeness (QED) is 0.480. The topological polar surface area (TPSA) is 128 Å². The normalized spacial score (nSPS) is 12.5. The van der Waals surface area contributed by atoms with E-state index in [1.807, 2.05) is 0 Å². The summed E-state index contributed by atoms with van der Waals surface area (Å²) in [6.45, 7) is 5.09. The van der Waals surface area contributed by atoms with Crippen molar-refractivity contribution >= 4 is 35.2 Å². The lowest BCUT2D eigenvalue weighted by molar-refractivity contribution is -0.138. The first-order valence-electron chi connectivity index (χ1n) is 6.59. The molecule has 7 nitrogen and oxygen atoms in total. The summed E-state index contributed by atoms with van der Waals surface area (Å²) in [6.07, 6.45) is -0.783. The van der Waals surface area contributed by atoms with Crippen LogP contribution in [0.5, 0.6) is 0 Å². The lowest BCUT2D eigenvalue weighted by Crippen LogP contribution is -2.44. The highest BCUT2D eigenvalue weighted by Crippen LogP contribution is 2.31. The Morgan fingerprint density at radius 1 is 1.32 bits per heavy atom. The minimum atomic E-state index is -1.16. The SMILES string of the molecule is CC(C)(C)OC(=O)NC(CSc1c(N)cccc1N)C(=O)O. The maximum absolute atomic E-state index is 11.7. The molecule has 0 radical (unpaired) electrons. The number of nitrogens with one attached hydrogen (secondary N) is 1. The fourth-order valence-electron chi connectivity index (χ4n) is 1.53. The van der Waals surface area contributed by atoms with Gasteiger partial charge < -0.3 is 26.6 Å². The van der Waals surface area contributed by atoms with E-state index in [9.17, 15) is 14.7 Å². The zero-order valence-electron chi connectivity index (χ0n) is 12.8. The number of hydrogen-bond donors (Lipinski definition) is 4. The summed E-state index contributed by atoms with van der Waals surface area (Å²) in [7, 11) is 0. The second-order valence-electron chi connectivity index (χ2n) is 5.61. The predicted octanol–water partition coefficient (Wildman–Crippen LogP) is 1.92. The van der Waals surface area contributed by atoms with E-state index in [0.717, 1.165) is 0 Å². The molecule has 0 saturated heterocycles. The number of ether oxygens (including phenoxy) is 1. The number of nitrogens with two attached hydrogens (primary N) is 2. The van der Waals surface area contributed by atoms with Gasteiger partial charge in [0.2, 0.25) is 0 Å². The van der Waals surface area contributed by atoms with Crippen molar-refractivity contribution in [1.29, 1.82) is 0 Å². The van der Waals surface area contributed by atoms with Crippen LogP contribution < -0.4 is 16.8 Å². The van der Waals surface area contributed by atoms with E-state index in [4.69, 9.17) is 16.2 Å². The van der Waals surface area contributed by atoms with Gasteiger partial charge >= 0.3 is 12.1 Å². The molecule has 0 saturated carbocycles. The number of carboxylic acid groups (broad SMARTS) is 1. The van der Waals surface area contributed by atoms with Crippen molar-refractivity contribution in [2.45, 2.75) is 37.3 Å². The van der Waals surface area contributed by atoms with E-state index < -0.39 is 23.7 Å². The fraction of sp³-hybridized carbons (Fsp3) is 0.429. The highest BCUT2D eigenvalue weighted by Gasteiger charge is 2.24. The summed E-state index contributed by atoms with van der Waals surface area (Å²) in [4.78, 5) is 23.5. The Bertz CT molecular complexity index is 537. The molecule has 0 aliphatic rings. The Kier molecular flexibility index (Phi) is 5.92. The van der Waals surface area contributed by atoms with E-state index in [0.29, 0.717) is 16.3 Å². The number of thioether (sulfide) groups is 1. The van der Waals surface area contributed by atoms with Crippen LogP contribution in [0.4, 0.5) is 16.2 Å². The lowest BCUT2D eigenvalue weighted by Gasteiger charge is -2.22. The first kappa shape index (κ1) is 18.0. The summed E-state index contributed by atoms with van der Waals surface area (Å²) >= 11 is 1.17. The maximum Gasteiger partial charge on any atom is 0.408 e. The van der Waals surface area contributed by atoms with Gasteiger partial charge in [-0.05, 0) is 32.9 Å². The molecule has 0 aliphatic heterocycles. The van der Waals surface area contributed by atoms with E-state index >= 15 is 0 Å². The fourth-order valence-corrected chi connectivity index (χ4v) is 2.56. The summed E-state index contributed by atoms with van der Waals surface area (Å²) in [5, 5.41) is 11.5. The van der Waals surface area contributed by atoms with Crippen LogP contribution >= 0.6 is 11.8 Å². The molecule has 0 spiro atoms. The van der Waals surface area contributed by atoms with E-state index in [1.165, 1.54) is 11.8 Å². The average Bonchev–Trinajstić information content (AvgIpc) is 2.34. The largest absolute Gasteiger partial charge is 0.480 e. The minimum Gasteiger partial charge on any atom is -0.480 e. The number of carbonyl (C=O) groups excluding carboxylic acids is 1. The molecule has 0 fully saturated rings. The molecular weight excluding hydrogens is 306 g/mol. The Hall–Kier alpha value is -2.09. The van der Waals surface area contributed by atoms with Crippen molar-refractivity contribution in [3.63, 3.8) is 0 Å². The maximum atomic E-state index is 11.7. The highest BCUT2D eigenvalue weighted by atomic mass is 32.2. The molecule has 1 rings (SSSR count). The van der Waals surface area contributed by atoms with Crippen LogP contribution in [0.3, 0.4) is 0 Å². The number of amides is 1. The molecule has 0 bridgehead atoms. The zero-order chi connectivity index (χ0) is 16.9. The number of carboxylic acids is 1. The van der Waals surface area contributed by atoms with Gasteiger partial charge in [-0.15, -0.1) is 11.8 Å². The van der Waals surface area contributed by atoms with Crippen LogP contribution in [0.2, 0.25) is 0 Å². The molecule has 0 heterocycles. The molecule has 1 amide bonds. The van der Waals surface area contributed by atoms with Crippen molar-refractivity contribution in [3.8, 4) is 0 Å². The molecule has 122 valence electrons. The van der Waals surface area contributed by atoms with Crippen molar-refractivity contribution in [3.05, 3.63) is 18.2 Å². The molecule has 8 heteroatoms. The Labute approximate surface area is 133 Å². The van der Waals surface area contributed by atoms with Gasteiger partial charge in [-0.1, -0.05) is 6.07 Å². The number of rotatable bonds is 5. The molecule has 1 aromatic carbocycles. The van der Waals surface area contributed by atoms with Gasteiger partial charge in [-0.3, -0.25) is 0 Å². The highest BCUT2D eigenvalue weighted by molar-refractivity contribution is 7.99. The second-order valence-corrected chi connectivity index (χ2v) is 6.64. The van der Waals surface area contributed by atoms with Gasteiger partial charge in [0.05, 0.1) is 4.90 Å². The monoisotopic (exact) mass is 327 g/mol. The van der Waals surface area contributed by atoms with Gasteiger partial charge in [0.15, 0.2) is 0 Å². The number of hydrogen-bond acceptors (Lipinski definition) is 6. The van der Waals surface area contributed by atoms with Crippen molar-refractivity contribution < 1.29 is 19.4 Å². The predicted molar refractivity (Wildman–Crippen MR) is 86.8 cm³/mol. The summed E-state index contributed by atoms with van der Waals surface area (Å²) in [5.41, 5.74) is 11.8. The van der Waals surface area contributed by atoms with Gasteiger partial charge in [0.1, 0.15) is 11.6 Å². The number of carbonyl (C=O) groups is 2. The van der Waals surface area contributed by atoms with E-state index in [-0.39, 0.29) is 5.75 Å². The van der Waals surface area contributed by atoms with Crippen LogP contribution in [-0.4, -0.2) is 34.6 Å². The number of benzene rings is 1. The minimum absolute atomic E-state index is 0.0764. The van der Waals surface area contributed by atoms with E-state index in [1.54, 1.807) is 39.0 Å². The summed E-state index contributed by atoms with van der Waals surface area (Å²) < 4.78 is 5.05. The van der Waals surface area contributed by atoms with E-state index in [2.05, 4.69) is 5.32 Å². The van der Waals surface area contributed by atoms with Gasteiger partial charge in [0.25, 0.3) is 0 Å². The van der Waals surface area contributed by atoms with Gasteiger partial charge in [-0.25, -0.2) is 9.59 Å². The van der Waals surface area contributed by atoms with Crippen LogP contribution in [0.15, 0.2) is 23.1 Å². The molecule has 0 aliphatic carbocycles. The first-order valence-corrected chi connectivity index (χ1v) is 7.58. The lowest BCUT2D eigenvalue weighted by atomic mass is 10.2. The Morgan fingerprint density at radius 2 is 1.86 bits per heavy atom. The third-order valence-electron chi connectivity index (χ3n) is 2.46. The van der Waals surface area contributed by atoms with Crippen LogP contribution in [0, 0.1) is 0 Å². The number of alkyl carbamates (subject to hydrolysis) is 1. The Morgan fingerprint density at radius 3 is 2.32 bits per heavy atom. The molecule has 1 atom stereocenters. The van der Waals surface area contributed by atoms with Crippen molar-refractivity contribution in [2.24, 2.45) is 0 Å². The molecule has 6 N–H and O–H groups in total. The third-order valence-corrected chi connectivity index (χ3v) is 3.72. The first-order chi connectivity index (χ1) is 10.1. The Balaban J connectivity index is 2.70. The zero-order valence-corrected chi connectivity index (χ0v) is 13.6. The van der Waals surface area contributed by atoms with Gasteiger partial charge in [-0.2, -0.15) is 0 Å². The molecule has 0 aromatic heterocycles. The van der Waals surface area contributed by atoms with Crippen LogP contribution in [-0.2, 0) is 9.53 Å². The van der Waals surface area contributed by atoms with Gasteiger partial charge in [0, 0.05) is 17.1 Å². The number of nitrogen functional groups attached to an aromatic ring is 2. The second kappa shape index (κ2) is 7.26. The average molecular weight is 327 g/mol. The molecule has 1 unspecified atom stereocenters. The number of anilines is 2. The smallest absolute Gasteiger partial charge is 0.408 e. The van der Waals surface area contributed by atoms with Crippen molar-refractivity contribution in [1.82, 2.24) is 5.32 Å². The summed E-state index contributed by atoms with van der Waals surface area (Å²) in [6, 6.07) is 3.95. The number of aliphatic carboxylic acids is 1. The molecular formula is C14H21N3O4S. The summed E-state index contributed by atoms with van der Waals surface area (Å²) in [5.74, 6) is -1.08. The standard InChI is InChI=1S/C14H21N3O4S/c1-14(2,3)21-13(20)17-10(12(18)19)7-22-11-8(15)5-4-6-9(11)16/h4-6,10H,7,15-16H2,1-3H3,(H,17,20)(H,18,19). The third kappa shape index (κ3) is 5.72. The molecule has 1 aromatic rings. The molecule has 22 heavy (non-hydrogen) atoms.